The molecule has 0 aliphatic carbocycles. The standard InChI is InChI=1S/C24H34N8O/c1-3-11-31-21(8-10-26-31)24(33)30-12-6-4-5-7-20(30)19-14-22-27-23(17(2)15-32(22)28-19)29-13-9-18(25)16-29/h8,10,14-15,18,20H,3-7,9,11-13,16,25H2,1-2H3/t18-,20-/m0/s1. The summed E-state index contributed by atoms with van der Waals surface area (Å²) in [6.45, 7) is 7.42. The maximum absolute atomic E-state index is 13.6. The minimum absolute atomic E-state index is 0.0424. The van der Waals surface area contributed by atoms with Gasteiger partial charge in [0.25, 0.3) is 5.91 Å². The molecule has 0 saturated carbocycles. The number of anilines is 1. The van der Waals surface area contributed by atoms with Gasteiger partial charge in [-0.3, -0.25) is 9.48 Å². The Morgan fingerprint density at radius 1 is 1.21 bits per heavy atom. The number of rotatable bonds is 5. The van der Waals surface area contributed by atoms with Crippen molar-refractivity contribution in [1.29, 1.82) is 0 Å². The van der Waals surface area contributed by atoms with Crippen LogP contribution in [-0.4, -0.2) is 60.9 Å². The van der Waals surface area contributed by atoms with Crippen molar-refractivity contribution in [2.24, 2.45) is 5.73 Å². The summed E-state index contributed by atoms with van der Waals surface area (Å²) in [6, 6.07) is 4.03. The Hall–Kier alpha value is -2.94. The number of fused-ring (bicyclic) bond motifs is 1. The summed E-state index contributed by atoms with van der Waals surface area (Å²) in [7, 11) is 0. The van der Waals surface area contributed by atoms with Crippen molar-refractivity contribution in [2.45, 2.75) is 71.0 Å². The number of amides is 1. The second kappa shape index (κ2) is 9.13. The van der Waals surface area contributed by atoms with Crippen molar-refractivity contribution in [2.75, 3.05) is 24.5 Å². The Kier molecular flexibility index (Phi) is 6.05. The predicted octanol–water partition coefficient (Wildman–Crippen LogP) is 2.94. The predicted molar refractivity (Wildman–Crippen MR) is 127 cm³/mol. The summed E-state index contributed by atoms with van der Waals surface area (Å²) in [5.41, 5.74) is 9.60. The molecular weight excluding hydrogens is 416 g/mol. The monoisotopic (exact) mass is 450 g/mol. The molecule has 2 atom stereocenters. The quantitative estimate of drug-likeness (QED) is 0.642. The first-order valence-electron chi connectivity index (χ1n) is 12.3. The molecule has 5 rings (SSSR count). The largest absolute Gasteiger partial charge is 0.355 e. The minimum atomic E-state index is -0.0596. The summed E-state index contributed by atoms with van der Waals surface area (Å²) < 4.78 is 3.69. The van der Waals surface area contributed by atoms with Crippen molar-refractivity contribution >= 4 is 17.4 Å². The first-order valence-corrected chi connectivity index (χ1v) is 12.3. The van der Waals surface area contributed by atoms with Gasteiger partial charge >= 0.3 is 0 Å². The van der Waals surface area contributed by atoms with E-state index in [2.05, 4.69) is 29.9 Å². The number of carbonyl (C=O) groups excluding carboxylic acids is 1. The smallest absolute Gasteiger partial charge is 0.272 e. The van der Waals surface area contributed by atoms with E-state index in [4.69, 9.17) is 15.8 Å². The van der Waals surface area contributed by atoms with Crippen LogP contribution in [0.15, 0.2) is 24.5 Å². The highest BCUT2D eigenvalue weighted by Gasteiger charge is 2.31. The SMILES string of the molecule is CCCn1nccc1C(=O)N1CCCCC[C@H]1c1cc2nc(N3CC[C@H](N)C3)c(C)cn2n1. The number of hydrogen-bond donors (Lipinski definition) is 1. The number of likely N-dealkylation sites (tertiary alicyclic amines) is 1. The third-order valence-corrected chi connectivity index (χ3v) is 6.87. The van der Waals surface area contributed by atoms with E-state index in [0.717, 1.165) is 87.4 Å². The van der Waals surface area contributed by atoms with Crippen molar-refractivity contribution in [3.63, 3.8) is 0 Å². The lowest BCUT2D eigenvalue weighted by Crippen LogP contribution is -2.36. The van der Waals surface area contributed by atoms with E-state index < -0.39 is 0 Å². The van der Waals surface area contributed by atoms with Crippen LogP contribution in [0.2, 0.25) is 0 Å². The summed E-state index contributed by atoms with van der Waals surface area (Å²) in [5.74, 6) is 1.03. The van der Waals surface area contributed by atoms with Gasteiger partial charge in [-0.1, -0.05) is 19.8 Å². The van der Waals surface area contributed by atoms with Crippen LogP contribution in [0, 0.1) is 6.92 Å². The van der Waals surface area contributed by atoms with Gasteiger partial charge in [-0.05, 0) is 38.7 Å². The van der Waals surface area contributed by atoms with E-state index in [0.29, 0.717) is 5.69 Å². The molecule has 5 heterocycles. The fourth-order valence-electron chi connectivity index (χ4n) is 5.19. The third kappa shape index (κ3) is 4.21. The highest BCUT2D eigenvalue weighted by Crippen LogP contribution is 2.32. The number of aromatic nitrogens is 5. The fourth-order valence-corrected chi connectivity index (χ4v) is 5.19. The summed E-state index contributed by atoms with van der Waals surface area (Å²) in [6.07, 6.45) is 9.82. The molecule has 2 aliphatic heterocycles. The normalized spacial score (nSPS) is 21.7. The van der Waals surface area contributed by atoms with Gasteiger partial charge in [0, 0.05) is 56.2 Å². The Morgan fingerprint density at radius 3 is 2.88 bits per heavy atom. The molecule has 176 valence electrons. The van der Waals surface area contributed by atoms with Crippen molar-refractivity contribution < 1.29 is 4.79 Å². The van der Waals surface area contributed by atoms with E-state index in [9.17, 15) is 4.79 Å². The zero-order chi connectivity index (χ0) is 22.9. The Bertz CT molecular complexity index is 1130. The molecule has 9 heteroatoms. The van der Waals surface area contributed by atoms with Gasteiger partial charge in [0.05, 0.1) is 11.7 Å². The first-order chi connectivity index (χ1) is 16.0. The van der Waals surface area contributed by atoms with Crippen LogP contribution in [-0.2, 0) is 6.54 Å². The third-order valence-electron chi connectivity index (χ3n) is 6.87. The summed E-state index contributed by atoms with van der Waals surface area (Å²) >= 11 is 0. The average molecular weight is 451 g/mol. The van der Waals surface area contributed by atoms with Crippen LogP contribution in [0.3, 0.4) is 0 Å². The van der Waals surface area contributed by atoms with Crippen molar-refractivity contribution in [3.8, 4) is 0 Å². The number of hydrogen-bond acceptors (Lipinski definition) is 6. The van der Waals surface area contributed by atoms with E-state index in [1.54, 1.807) is 6.20 Å². The maximum Gasteiger partial charge on any atom is 0.272 e. The van der Waals surface area contributed by atoms with E-state index in [1.165, 1.54) is 0 Å². The summed E-state index contributed by atoms with van der Waals surface area (Å²) in [5, 5.41) is 9.26. The van der Waals surface area contributed by atoms with Crippen molar-refractivity contribution in [3.05, 3.63) is 41.5 Å². The van der Waals surface area contributed by atoms with Gasteiger partial charge in [-0.2, -0.15) is 10.2 Å². The van der Waals surface area contributed by atoms with Gasteiger partial charge in [-0.25, -0.2) is 9.50 Å². The number of aryl methyl sites for hydroxylation is 2. The Balaban J connectivity index is 1.48. The molecule has 2 N–H and O–H groups in total. The second-order valence-electron chi connectivity index (χ2n) is 9.42. The van der Waals surface area contributed by atoms with Gasteiger partial charge in [0.1, 0.15) is 11.5 Å². The highest BCUT2D eigenvalue weighted by atomic mass is 16.2. The van der Waals surface area contributed by atoms with Crippen LogP contribution in [0.1, 0.15) is 73.2 Å². The van der Waals surface area contributed by atoms with Crippen LogP contribution >= 0.6 is 0 Å². The van der Waals surface area contributed by atoms with Crippen LogP contribution in [0.4, 0.5) is 5.82 Å². The average Bonchev–Trinajstić information content (AvgIpc) is 3.49. The molecule has 33 heavy (non-hydrogen) atoms. The molecule has 1 amide bonds. The van der Waals surface area contributed by atoms with E-state index in [1.807, 2.05) is 26.4 Å². The molecule has 9 nitrogen and oxygen atoms in total. The Morgan fingerprint density at radius 2 is 2.09 bits per heavy atom. The summed E-state index contributed by atoms with van der Waals surface area (Å²) in [4.78, 5) is 22.8. The maximum atomic E-state index is 13.6. The van der Waals surface area contributed by atoms with Gasteiger partial charge < -0.3 is 15.5 Å². The van der Waals surface area contributed by atoms with Gasteiger partial charge in [0.15, 0.2) is 5.65 Å². The lowest BCUT2D eigenvalue weighted by Gasteiger charge is -2.29. The Labute approximate surface area is 194 Å². The topological polar surface area (TPSA) is 97.6 Å². The zero-order valence-electron chi connectivity index (χ0n) is 19.7. The molecule has 0 bridgehead atoms. The molecule has 0 aromatic carbocycles. The molecular formula is C24H34N8O. The highest BCUT2D eigenvalue weighted by molar-refractivity contribution is 5.92. The van der Waals surface area contributed by atoms with Crippen LogP contribution < -0.4 is 10.6 Å². The lowest BCUT2D eigenvalue weighted by atomic mass is 10.1. The number of nitrogens with two attached hydrogens (primary N) is 1. The first kappa shape index (κ1) is 21.9. The molecule has 0 spiro atoms. The van der Waals surface area contributed by atoms with Crippen LogP contribution in [0.25, 0.3) is 5.65 Å². The fraction of sp³-hybridized carbons (Fsp3) is 0.583. The molecule has 2 aliphatic rings. The minimum Gasteiger partial charge on any atom is -0.355 e. The molecule has 0 unspecified atom stereocenters. The zero-order valence-corrected chi connectivity index (χ0v) is 19.7. The number of nitrogens with zero attached hydrogens (tertiary/aromatic N) is 7. The molecule has 2 saturated heterocycles. The van der Waals surface area contributed by atoms with Crippen molar-refractivity contribution in [1.82, 2.24) is 29.3 Å². The molecule has 0 radical (unpaired) electrons. The van der Waals surface area contributed by atoms with Crippen LogP contribution in [0.5, 0.6) is 0 Å². The lowest BCUT2D eigenvalue weighted by molar-refractivity contribution is 0.0663. The molecule has 3 aromatic rings. The van der Waals surface area contributed by atoms with E-state index >= 15 is 0 Å². The molecule has 3 aromatic heterocycles. The van der Waals surface area contributed by atoms with E-state index in [-0.39, 0.29) is 18.0 Å². The molecule has 2 fully saturated rings. The van der Waals surface area contributed by atoms with Gasteiger partial charge in [-0.15, -0.1) is 0 Å². The number of carbonyl (C=O) groups is 1. The van der Waals surface area contributed by atoms with Gasteiger partial charge in [0.2, 0.25) is 0 Å². The second-order valence-corrected chi connectivity index (χ2v) is 9.42.